The Bertz CT molecular complexity index is 926. The van der Waals surface area contributed by atoms with E-state index in [4.69, 9.17) is 4.74 Å². The van der Waals surface area contributed by atoms with Gasteiger partial charge < -0.3 is 15.4 Å². The van der Waals surface area contributed by atoms with Crippen LogP contribution in [0.5, 0.6) is 5.75 Å². The number of carbonyl (C=O) groups is 1. The molecule has 0 spiro atoms. The Labute approximate surface area is 160 Å². The minimum absolute atomic E-state index is 0.0391. The van der Waals surface area contributed by atoms with Crippen molar-refractivity contribution in [3.8, 4) is 5.75 Å². The van der Waals surface area contributed by atoms with Gasteiger partial charge in [0.15, 0.2) is 5.78 Å². The minimum atomic E-state index is -0.176. The first-order valence-electron chi connectivity index (χ1n) is 9.41. The highest BCUT2D eigenvalue weighted by Crippen LogP contribution is 2.45. The number of allylic oxidation sites excluding steroid dienone is 1. The van der Waals surface area contributed by atoms with Crippen molar-refractivity contribution in [3.05, 3.63) is 64.9 Å². The van der Waals surface area contributed by atoms with E-state index in [9.17, 15) is 4.79 Å². The predicted octanol–water partition coefficient (Wildman–Crippen LogP) is 5.23. The van der Waals surface area contributed by atoms with Gasteiger partial charge >= 0.3 is 0 Å². The second kappa shape index (κ2) is 6.45. The average Bonchev–Trinajstić information content (AvgIpc) is 2.77. The standard InChI is InChI=1S/C23H26N2O2/c1-14-5-10-17-18(11-14)25-22(15-6-8-16(27-4)9-7-15)21-19(24-17)12-23(2,3)13-20(21)26/h5-11,22,24-25H,12-13H2,1-4H3/t22-/m1/s1. The highest BCUT2D eigenvalue weighted by molar-refractivity contribution is 6.01. The molecule has 0 fully saturated rings. The van der Waals surface area contributed by atoms with E-state index in [0.29, 0.717) is 6.42 Å². The summed E-state index contributed by atoms with van der Waals surface area (Å²) in [6.45, 7) is 6.40. The number of benzene rings is 2. The highest BCUT2D eigenvalue weighted by Gasteiger charge is 2.38. The molecule has 4 rings (SSSR count). The summed E-state index contributed by atoms with van der Waals surface area (Å²) in [6.07, 6.45) is 1.42. The molecule has 2 N–H and O–H groups in total. The lowest BCUT2D eigenvalue weighted by atomic mass is 9.73. The molecule has 1 aliphatic carbocycles. The summed E-state index contributed by atoms with van der Waals surface area (Å²) in [4.78, 5) is 13.2. The van der Waals surface area contributed by atoms with Crippen molar-refractivity contribution in [1.29, 1.82) is 0 Å². The smallest absolute Gasteiger partial charge is 0.163 e. The molecule has 0 unspecified atom stereocenters. The summed E-state index contributed by atoms with van der Waals surface area (Å²) in [5.74, 6) is 1.03. The number of methoxy groups -OCH3 is 1. The van der Waals surface area contributed by atoms with Gasteiger partial charge in [0.05, 0.1) is 24.5 Å². The molecule has 0 bridgehead atoms. The van der Waals surface area contributed by atoms with E-state index in [2.05, 4.69) is 49.6 Å². The van der Waals surface area contributed by atoms with E-state index in [1.165, 1.54) is 5.56 Å². The lowest BCUT2D eigenvalue weighted by Crippen LogP contribution is -2.31. The van der Waals surface area contributed by atoms with Crippen LogP contribution in [0.25, 0.3) is 0 Å². The number of carbonyl (C=O) groups excluding carboxylic acids is 1. The van der Waals surface area contributed by atoms with Crippen LogP contribution in [0.2, 0.25) is 0 Å². The number of aryl methyl sites for hydroxylation is 1. The van der Waals surface area contributed by atoms with Gasteiger partial charge in [-0.2, -0.15) is 0 Å². The Morgan fingerprint density at radius 2 is 1.78 bits per heavy atom. The third kappa shape index (κ3) is 3.32. The summed E-state index contributed by atoms with van der Waals surface area (Å²) >= 11 is 0. The maximum Gasteiger partial charge on any atom is 0.163 e. The Hall–Kier alpha value is -2.75. The van der Waals surface area contributed by atoms with E-state index in [0.717, 1.165) is 40.4 Å². The quantitative estimate of drug-likeness (QED) is 0.768. The molecule has 2 aliphatic rings. The largest absolute Gasteiger partial charge is 0.497 e. The number of hydrogen-bond donors (Lipinski definition) is 2. The number of anilines is 2. The van der Waals surface area contributed by atoms with Crippen molar-refractivity contribution in [2.24, 2.45) is 5.41 Å². The number of ether oxygens (including phenoxy) is 1. The van der Waals surface area contributed by atoms with Crippen LogP contribution in [0.15, 0.2) is 53.7 Å². The first-order chi connectivity index (χ1) is 12.9. The van der Waals surface area contributed by atoms with Crippen molar-refractivity contribution in [3.63, 3.8) is 0 Å². The van der Waals surface area contributed by atoms with Gasteiger partial charge in [0.25, 0.3) is 0 Å². The molecule has 1 aliphatic heterocycles. The van der Waals surface area contributed by atoms with Crippen molar-refractivity contribution in [2.45, 2.75) is 39.7 Å². The second-order valence-electron chi connectivity index (χ2n) is 8.36. The van der Waals surface area contributed by atoms with E-state index in [1.807, 2.05) is 24.3 Å². The summed E-state index contributed by atoms with van der Waals surface area (Å²) in [5, 5.41) is 7.20. The molecule has 1 atom stereocenters. The van der Waals surface area contributed by atoms with Crippen LogP contribution in [0.4, 0.5) is 11.4 Å². The fourth-order valence-corrected chi connectivity index (χ4v) is 4.10. The lowest BCUT2D eigenvalue weighted by Gasteiger charge is -2.34. The van der Waals surface area contributed by atoms with Crippen LogP contribution in [-0.2, 0) is 4.79 Å². The monoisotopic (exact) mass is 362 g/mol. The Morgan fingerprint density at radius 1 is 1.04 bits per heavy atom. The molecule has 0 radical (unpaired) electrons. The second-order valence-corrected chi connectivity index (χ2v) is 8.36. The van der Waals surface area contributed by atoms with Crippen LogP contribution in [0.3, 0.4) is 0 Å². The van der Waals surface area contributed by atoms with Gasteiger partial charge in [-0.3, -0.25) is 4.79 Å². The number of ketones is 1. The molecule has 0 amide bonds. The zero-order valence-corrected chi connectivity index (χ0v) is 16.3. The van der Waals surface area contributed by atoms with E-state index in [-0.39, 0.29) is 17.2 Å². The first-order valence-corrected chi connectivity index (χ1v) is 9.41. The number of hydrogen-bond acceptors (Lipinski definition) is 4. The molecular weight excluding hydrogens is 336 g/mol. The summed E-state index contributed by atoms with van der Waals surface area (Å²) < 4.78 is 5.30. The molecule has 4 nitrogen and oxygen atoms in total. The molecule has 2 aromatic carbocycles. The van der Waals surface area contributed by atoms with Gasteiger partial charge in [0, 0.05) is 17.7 Å². The maximum atomic E-state index is 13.2. The van der Waals surface area contributed by atoms with Gasteiger partial charge in [-0.25, -0.2) is 0 Å². The van der Waals surface area contributed by atoms with Crippen LogP contribution in [0, 0.1) is 12.3 Å². The van der Waals surface area contributed by atoms with E-state index < -0.39 is 0 Å². The van der Waals surface area contributed by atoms with Crippen molar-refractivity contribution < 1.29 is 9.53 Å². The van der Waals surface area contributed by atoms with Crippen LogP contribution in [-0.4, -0.2) is 12.9 Å². The third-order valence-corrected chi connectivity index (χ3v) is 5.42. The zero-order chi connectivity index (χ0) is 19.2. The number of fused-ring (bicyclic) bond motifs is 1. The number of Topliss-reactive ketones (excluding diaryl/α,β-unsaturated/α-hetero) is 1. The summed E-state index contributed by atoms with van der Waals surface area (Å²) in [6, 6.07) is 14.1. The molecule has 2 aromatic rings. The Kier molecular flexibility index (Phi) is 4.22. The summed E-state index contributed by atoms with van der Waals surface area (Å²) in [5.41, 5.74) is 6.14. The maximum absolute atomic E-state index is 13.2. The average molecular weight is 362 g/mol. The minimum Gasteiger partial charge on any atom is -0.497 e. The fraction of sp³-hybridized carbons (Fsp3) is 0.348. The van der Waals surface area contributed by atoms with Gasteiger partial charge in [0.1, 0.15) is 5.75 Å². The molecule has 0 aromatic heterocycles. The topological polar surface area (TPSA) is 50.4 Å². The van der Waals surface area contributed by atoms with Gasteiger partial charge in [0.2, 0.25) is 0 Å². The van der Waals surface area contributed by atoms with E-state index in [1.54, 1.807) is 7.11 Å². The first kappa shape index (κ1) is 17.7. The van der Waals surface area contributed by atoms with Crippen LogP contribution in [0.1, 0.15) is 43.9 Å². The van der Waals surface area contributed by atoms with Gasteiger partial charge in [-0.05, 0) is 54.2 Å². The third-order valence-electron chi connectivity index (χ3n) is 5.42. The van der Waals surface area contributed by atoms with Gasteiger partial charge in [-0.1, -0.05) is 32.0 Å². The molecule has 4 heteroatoms. The number of nitrogens with one attached hydrogen (secondary N) is 2. The number of rotatable bonds is 2. The lowest BCUT2D eigenvalue weighted by molar-refractivity contribution is -0.118. The predicted molar refractivity (Wildman–Crippen MR) is 109 cm³/mol. The fourth-order valence-electron chi connectivity index (χ4n) is 4.10. The molecule has 0 saturated carbocycles. The van der Waals surface area contributed by atoms with E-state index >= 15 is 0 Å². The molecule has 27 heavy (non-hydrogen) atoms. The van der Waals surface area contributed by atoms with Crippen LogP contribution >= 0.6 is 0 Å². The van der Waals surface area contributed by atoms with Crippen molar-refractivity contribution in [2.75, 3.05) is 17.7 Å². The van der Waals surface area contributed by atoms with Crippen molar-refractivity contribution >= 4 is 17.2 Å². The zero-order valence-electron chi connectivity index (χ0n) is 16.3. The molecule has 140 valence electrons. The SMILES string of the molecule is COc1ccc([C@H]2Nc3cc(C)ccc3NC3=C2C(=O)CC(C)(C)C3)cc1. The van der Waals surface area contributed by atoms with Crippen LogP contribution < -0.4 is 15.4 Å². The normalized spacial score (nSPS) is 20.7. The van der Waals surface area contributed by atoms with Crippen molar-refractivity contribution in [1.82, 2.24) is 0 Å². The summed E-state index contributed by atoms with van der Waals surface area (Å²) in [7, 11) is 1.66. The Morgan fingerprint density at radius 3 is 2.48 bits per heavy atom. The van der Waals surface area contributed by atoms with Gasteiger partial charge in [-0.15, -0.1) is 0 Å². The Balaban J connectivity index is 1.86. The molecule has 0 saturated heterocycles. The molecule has 1 heterocycles. The highest BCUT2D eigenvalue weighted by atomic mass is 16.5. The molecular formula is C23H26N2O2.